The number of fused-ring (bicyclic) bond motifs is 1. The Bertz CT molecular complexity index is 1090. The monoisotopic (exact) mass is 553 g/mol. The molecule has 10 nitrogen and oxygen atoms in total. The fourth-order valence-corrected chi connectivity index (χ4v) is 5.34. The number of aliphatic hydroxyl groups is 1. The number of urea groups is 1. The van der Waals surface area contributed by atoms with E-state index in [-0.39, 0.29) is 12.5 Å². The lowest BCUT2D eigenvalue weighted by molar-refractivity contribution is -0.139. The second-order valence-electron chi connectivity index (χ2n) is 10.8. The number of aliphatic hydroxyl groups excluding tert-OH is 1. The molecule has 1 aliphatic carbocycles. The molecule has 2 heterocycles. The van der Waals surface area contributed by atoms with E-state index < -0.39 is 24.1 Å². The van der Waals surface area contributed by atoms with Crippen LogP contribution < -0.4 is 20.7 Å². The van der Waals surface area contributed by atoms with Crippen LogP contribution in [0.5, 0.6) is 5.75 Å². The maximum absolute atomic E-state index is 12.4. The number of benzene rings is 1. The number of carboxylic acid groups (broad SMARTS) is 1. The number of hydrogen-bond donors (Lipinski definition) is 5. The Hall–Kier alpha value is -3.37. The standard InChI is InChI=1S/C30H43N5O5/c36-25-14-13-24(21-25)33-30(39)34-27(29(37)38)15-18-35(19-20-40-26-9-2-1-3-10-26)17-5-4-8-23-12-11-22-7-6-16-31-28(22)32-23/h1-3,9-12,24-25,27,36H,4-8,13-21H2,(H,31,32)(H,37,38)(H2,33,34,39). The third-order valence-electron chi connectivity index (χ3n) is 7.61. The molecule has 0 spiro atoms. The molecule has 1 fully saturated rings. The van der Waals surface area contributed by atoms with Crippen LogP contribution in [0.1, 0.15) is 56.2 Å². The summed E-state index contributed by atoms with van der Waals surface area (Å²) in [6, 6.07) is 12.3. The normalized spacial score (nSPS) is 18.9. The molecule has 218 valence electrons. The highest BCUT2D eigenvalue weighted by Gasteiger charge is 2.26. The summed E-state index contributed by atoms with van der Waals surface area (Å²) in [5.74, 6) is 0.756. The number of anilines is 1. The first-order valence-corrected chi connectivity index (χ1v) is 14.6. The van der Waals surface area contributed by atoms with E-state index in [1.807, 2.05) is 30.3 Å². The Labute approximate surface area is 236 Å². The van der Waals surface area contributed by atoms with E-state index in [1.165, 1.54) is 5.56 Å². The van der Waals surface area contributed by atoms with Crippen molar-refractivity contribution < 1.29 is 24.5 Å². The number of carbonyl (C=O) groups excluding carboxylic acids is 1. The number of unbranched alkanes of at least 4 members (excludes halogenated alkanes) is 1. The number of carboxylic acids is 1. The highest BCUT2D eigenvalue weighted by molar-refractivity contribution is 5.82. The molecule has 2 aliphatic rings. The van der Waals surface area contributed by atoms with Gasteiger partial charge in [0, 0.05) is 31.4 Å². The minimum atomic E-state index is -1.06. The Morgan fingerprint density at radius 3 is 2.73 bits per heavy atom. The van der Waals surface area contributed by atoms with E-state index in [4.69, 9.17) is 9.72 Å². The van der Waals surface area contributed by atoms with Crippen molar-refractivity contribution in [2.45, 2.75) is 76.0 Å². The van der Waals surface area contributed by atoms with Crippen LogP contribution in [0.3, 0.4) is 0 Å². The molecule has 10 heteroatoms. The molecule has 2 aromatic rings. The number of aromatic nitrogens is 1. The van der Waals surface area contributed by atoms with Gasteiger partial charge in [-0.05, 0) is 88.1 Å². The van der Waals surface area contributed by atoms with Gasteiger partial charge in [0.15, 0.2) is 0 Å². The smallest absolute Gasteiger partial charge is 0.326 e. The second kappa shape index (κ2) is 15.4. The molecule has 1 aliphatic heterocycles. The molecule has 40 heavy (non-hydrogen) atoms. The van der Waals surface area contributed by atoms with Crippen LogP contribution in [0.4, 0.5) is 10.6 Å². The molecule has 3 unspecified atom stereocenters. The molecule has 1 aromatic carbocycles. The summed E-state index contributed by atoms with van der Waals surface area (Å²) in [5.41, 5.74) is 2.37. The Kier molecular flexibility index (Phi) is 11.4. The molecule has 1 saturated carbocycles. The van der Waals surface area contributed by atoms with Crippen LogP contribution in [0.2, 0.25) is 0 Å². The van der Waals surface area contributed by atoms with Gasteiger partial charge < -0.3 is 30.9 Å². The van der Waals surface area contributed by atoms with Crippen molar-refractivity contribution in [3.05, 3.63) is 53.7 Å². The average molecular weight is 554 g/mol. The highest BCUT2D eigenvalue weighted by Crippen LogP contribution is 2.21. The molecular formula is C30H43N5O5. The van der Waals surface area contributed by atoms with Gasteiger partial charge in [-0.25, -0.2) is 14.6 Å². The summed E-state index contributed by atoms with van der Waals surface area (Å²) >= 11 is 0. The number of rotatable bonds is 15. The average Bonchev–Trinajstić information content (AvgIpc) is 3.37. The van der Waals surface area contributed by atoms with Crippen molar-refractivity contribution in [3.63, 3.8) is 0 Å². The van der Waals surface area contributed by atoms with Gasteiger partial charge in [-0.15, -0.1) is 0 Å². The second-order valence-corrected chi connectivity index (χ2v) is 10.8. The zero-order chi connectivity index (χ0) is 28.2. The highest BCUT2D eigenvalue weighted by atomic mass is 16.5. The third kappa shape index (κ3) is 9.67. The number of para-hydroxylation sites is 1. The minimum absolute atomic E-state index is 0.128. The number of nitrogens with zero attached hydrogens (tertiary/aromatic N) is 2. The van der Waals surface area contributed by atoms with Gasteiger partial charge in [0.1, 0.15) is 24.2 Å². The van der Waals surface area contributed by atoms with Gasteiger partial charge in [-0.3, -0.25) is 4.90 Å². The van der Waals surface area contributed by atoms with E-state index in [1.54, 1.807) is 0 Å². The number of ether oxygens (including phenoxy) is 1. The lowest BCUT2D eigenvalue weighted by atomic mass is 10.1. The van der Waals surface area contributed by atoms with Crippen molar-refractivity contribution in [2.24, 2.45) is 0 Å². The predicted octanol–water partition coefficient (Wildman–Crippen LogP) is 3.20. The molecule has 5 N–H and O–H groups in total. The first-order chi connectivity index (χ1) is 19.5. The van der Waals surface area contributed by atoms with Crippen molar-refractivity contribution in [1.82, 2.24) is 20.5 Å². The first-order valence-electron chi connectivity index (χ1n) is 14.6. The SMILES string of the molecule is O=C(NC1CCC(O)C1)NC(CCN(CCCCc1ccc2c(n1)NCCC2)CCOc1ccccc1)C(=O)O. The molecular weight excluding hydrogens is 510 g/mol. The Morgan fingerprint density at radius 1 is 1.10 bits per heavy atom. The van der Waals surface area contributed by atoms with Crippen molar-refractivity contribution >= 4 is 17.8 Å². The molecule has 0 saturated heterocycles. The van der Waals surface area contributed by atoms with Gasteiger partial charge in [0.2, 0.25) is 0 Å². The zero-order valence-electron chi connectivity index (χ0n) is 23.2. The van der Waals surface area contributed by atoms with Gasteiger partial charge in [-0.2, -0.15) is 0 Å². The Balaban J connectivity index is 1.25. The number of nitrogens with one attached hydrogen (secondary N) is 3. The topological polar surface area (TPSA) is 136 Å². The predicted molar refractivity (Wildman–Crippen MR) is 154 cm³/mol. The molecule has 3 atom stereocenters. The molecule has 0 bridgehead atoms. The lowest BCUT2D eigenvalue weighted by Gasteiger charge is -2.25. The maximum atomic E-state index is 12.4. The lowest BCUT2D eigenvalue weighted by Crippen LogP contribution is -2.49. The summed E-state index contributed by atoms with van der Waals surface area (Å²) in [5, 5.41) is 28.2. The largest absolute Gasteiger partial charge is 0.492 e. The van der Waals surface area contributed by atoms with E-state index in [0.29, 0.717) is 39.0 Å². The molecule has 2 amide bonds. The number of aryl methyl sites for hydroxylation is 2. The molecule has 0 radical (unpaired) electrons. The van der Waals surface area contributed by atoms with Crippen LogP contribution in [0.15, 0.2) is 42.5 Å². The van der Waals surface area contributed by atoms with Crippen LogP contribution in [-0.4, -0.2) is 83.1 Å². The summed E-state index contributed by atoms with van der Waals surface area (Å²) in [7, 11) is 0. The van der Waals surface area contributed by atoms with E-state index in [2.05, 4.69) is 33.0 Å². The van der Waals surface area contributed by atoms with E-state index >= 15 is 0 Å². The number of hydrogen-bond acceptors (Lipinski definition) is 7. The zero-order valence-corrected chi connectivity index (χ0v) is 23.2. The van der Waals surface area contributed by atoms with Crippen LogP contribution in [0, 0.1) is 0 Å². The van der Waals surface area contributed by atoms with Crippen molar-refractivity contribution in [1.29, 1.82) is 0 Å². The summed E-state index contributed by atoms with van der Waals surface area (Å²) < 4.78 is 5.89. The van der Waals surface area contributed by atoms with Crippen LogP contribution >= 0.6 is 0 Å². The maximum Gasteiger partial charge on any atom is 0.326 e. The number of aliphatic carboxylic acids is 1. The third-order valence-corrected chi connectivity index (χ3v) is 7.61. The molecule has 4 rings (SSSR count). The van der Waals surface area contributed by atoms with Gasteiger partial charge in [0.05, 0.1) is 6.10 Å². The summed E-state index contributed by atoms with van der Waals surface area (Å²) in [6.07, 6.45) is 6.72. The van der Waals surface area contributed by atoms with E-state index in [0.717, 1.165) is 62.5 Å². The fourth-order valence-electron chi connectivity index (χ4n) is 5.34. The van der Waals surface area contributed by atoms with Crippen LogP contribution in [-0.2, 0) is 17.6 Å². The van der Waals surface area contributed by atoms with Gasteiger partial charge in [-0.1, -0.05) is 24.3 Å². The van der Waals surface area contributed by atoms with Crippen molar-refractivity contribution in [2.75, 3.05) is 38.1 Å². The first kappa shape index (κ1) is 29.6. The van der Waals surface area contributed by atoms with Gasteiger partial charge >= 0.3 is 12.0 Å². The quantitative estimate of drug-likeness (QED) is 0.212. The fraction of sp³-hybridized carbons (Fsp3) is 0.567. The summed E-state index contributed by atoms with van der Waals surface area (Å²) in [4.78, 5) is 31.3. The van der Waals surface area contributed by atoms with Crippen molar-refractivity contribution in [3.8, 4) is 5.75 Å². The number of amides is 2. The minimum Gasteiger partial charge on any atom is -0.492 e. The number of carbonyl (C=O) groups is 2. The van der Waals surface area contributed by atoms with E-state index in [9.17, 15) is 19.8 Å². The number of pyridine rings is 1. The van der Waals surface area contributed by atoms with Crippen LogP contribution in [0.25, 0.3) is 0 Å². The molecule has 1 aromatic heterocycles. The van der Waals surface area contributed by atoms with Gasteiger partial charge in [0.25, 0.3) is 0 Å². The summed E-state index contributed by atoms with van der Waals surface area (Å²) in [6.45, 7) is 3.41. The Morgan fingerprint density at radius 2 is 1.95 bits per heavy atom.